The number of benzene rings is 2. The summed E-state index contributed by atoms with van der Waals surface area (Å²) in [7, 11) is 0. The topological polar surface area (TPSA) is 99.2 Å². The molecule has 0 spiro atoms. The third-order valence-electron chi connectivity index (χ3n) is 5.22. The molecule has 1 saturated heterocycles. The van der Waals surface area contributed by atoms with Crippen molar-refractivity contribution in [2.24, 2.45) is 0 Å². The fraction of sp³-hybridized carbons (Fsp3) is 0.240. The van der Waals surface area contributed by atoms with Crippen molar-refractivity contribution in [3.8, 4) is 0 Å². The van der Waals surface area contributed by atoms with Crippen LogP contribution in [0.2, 0.25) is 0 Å². The zero-order valence-corrected chi connectivity index (χ0v) is 18.4. The number of ether oxygens (including phenoxy) is 1. The van der Waals surface area contributed by atoms with Gasteiger partial charge in [0.25, 0.3) is 5.91 Å². The number of carbonyl (C=O) groups is 3. The van der Waals surface area contributed by atoms with Gasteiger partial charge in [-0.15, -0.1) is 0 Å². The standard InChI is InChI=1S/C25H27N3O5/c1-2-33-25(31)28-17-15-27(16-18-28)22-11-9-21(10-12-22)23(29)13-7-19-3-5-20(6-4-19)8-14-24(30)26-32/h3-14,32H,2,15-18H2,1H3,(H,26,30)/b13-7+,14-8+. The van der Waals surface area contributed by atoms with Gasteiger partial charge in [-0.3, -0.25) is 14.8 Å². The summed E-state index contributed by atoms with van der Waals surface area (Å²) in [5, 5.41) is 8.49. The van der Waals surface area contributed by atoms with Gasteiger partial charge in [-0.2, -0.15) is 0 Å². The molecular formula is C25H27N3O5. The maximum Gasteiger partial charge on any atom is 0.409 e. The molecule has 2 N–H and O–H groups in total. The van der Waals surface area contributed by atoms with Crippen LogP contribution in [-0.4, -0.2) is 60.7 Å². The normalized spacial score (nSPS) is 14.0. The first-order chi connectivity index (χ1) is 16.0. The Kier molecular flexibility index (Phi) is 8.37. The predicted octanol–water partition coefficient (Wildman–Crippen LogP) is 3.38. The summed E-state index contributed by atoms with van der Waals surface area (Å²) >= 11 is 0. The minimum absolute atomic E-state index is 0.0998. The van der Waals surface area contributed by atoms with Gasteiger partial charge in [-0.25, -0.2) is 10.3 Å². The zero-order valence-electron chi connectivity index (χ0n) is 18.4. The van der Waals surface area contributed by atoms with Crippen molar-refractivity contribution >= 4 is 35.6 Å². The maximum atomic E-state index is 12.5. The van der Waals surface area contributed by atoms with E-state index < -0.39 is 5.91 Å². The molecule has 1 aliphatic heterocycles. The molecule has 0 unspecified atom stereocenters. The summed E-state index contributed by atoms with van der Waals surface area (Å²) in [5.41, 5.74) is 4.78. The van der Waals surface area contributed by atoms with Gasteiger partial charge >= 0.3 is 6.09 Å². The Morgan fingerprint density at radius 1 is 0.909 bits per heavy atom. The van der Waals surface area contributed by atoms with Gasteiger partial charge in [0.15, 0.2) is 5.78 Å². The Morgan fingerprint density at radius 2 is 1.48 bits per heavy atom. The van der Waals surface area contributed by atoms with Crippen LogP contribution in [0.4, 0.5) is 10.5 Å². The largest absolute Gasteiger partial charge is 0.450 e. The second kappa shape index (κ2) is 11.6. The van der Waals surface area contributed by atoms with Crippen molar-refractivity contribution in [1.29, 1.82) is 0 Å². The van der Waals surface area contributed by atoms with Crippen molar-refractivity contribution < 1.29 is 24.3 Å². The van der Waals surface area contributed by atoms with Gasteiger partial charge in [-0.05, 0) is 54.5 Å². The van der Waals surface area contributed by atoms with E-state index in [2.05, 4.69) is 4.90 Å². The minimum Gasteiger partial charge on any atom is -0.450 e. The molecule has 2 aromatic carbocycles. The van der Waals surface area contributed by atoms with Crippen LogP contribution in [0.25, 0.3) is 12.2 Å². The Balaban J connectivity index is 1.54. The SMILES string of the molecule is CCOC(=O)N1CCN(c2ccc(C(=O)/C=C/c3ccc(/C=C/C(=O)NO)cc3)cc2)CC1. The van der Waals surface area contributed by atoms with Gasteiger partial charge < -0.3 is 14.5 Å². The smallest absolute Gasteiger partial charge is 0.409 e. The average Bonchev–Trinajstić information content (AvgIpc) is 2.86. The van der Waals surface area contributed by atoms with Crippen LogP contribution in [0.15, 0.2) is 60.7 Å². The van der Waals surface area contributed by atoms with Crippen molar-refractivity contribution in [3.05, 3.63) is 77.4 Å². The lowest BCUT2D eigenvalue weighted by atomic mass is 10.1. The van der Waals surface area contributed by atoms with E-state index in [-0.39, 0.29) is 11.9 Å². The summed E-state index contributed by atoms with van der Waals surface area (Å²) in [6.07, 6.45) is 5.78. The lowest BCUT2D eigenvalue weighted by Crippen LogP contribution is -2.49. The lowest BCUT2D eigenvalue weighted by Gasteiger charge is -2.35. The van der Waals surface area contributed by atoms with E-state index in [0.29, 0.717) is 38.3 Å². The molecule has 1 fully saturated rings. The second-order valence-electron chi connectivity index (χ2n) is 7.39. The van der Waals surface area contributed by atoms with E-state index in [9.17, 15) is 14.4 Å². The van der Waals surface area contributed by atoms with E-state index in [0.717, 1.165) is 16.8 Å². The highest BCUT2D eigenvalue weighted by Crippen LogP contribution is 2.18. The molecular weight excluding hydrogens is 422 g/mol. The van der Waals surface area contributed by atoms with Crippen molar-refractivity contribution in [2.75, 3.05) is 37.7 Å². The van der Waals surface area contributed by atoms with Gasteiger partial charge in [0.05, 0.1) is 6.61 Å². The highest BCUT2D eigenvalue weighted by molar-refractivity contribution is 6.07. The number of hydrogen-bond acceptors (Lipinski definition) is 6. The zero-order chi connectivity index (χ0) is 23.6. The molecule has 0 radical (unpaired) electrons. The van der Waals surface area contributed by atoms with Crippen LogP contribution >= 0.6 is 0 Å². The van der Waals surface area contributed by atoms with Crippen molar-refractivity contribution in [1.82, 2.24) is 10.4 Å². The van der Waals surface area contributed by atoms with Gasteiger partial charge in [0, 0.05) is 43.5 Å². The number of carbonyl (C=O) groups excluding carboxylic acids is 3. The number of nitrogens with one attached hydrogen (secondary N) is 1. The van der Waals surface area contributed by atoms with E-state index in [4.69, 9.17) is 9.94 Å². The van der Waals surface area contributed by atoms with Crippen LogP contribution in [0.1, 0.15) is 28.4 Å². The van der Waals surface area contributed by atoms with Gasteiger partial charge in [0.2, 0.25) is 0 Å². The number of allylic oxidation sites excluding steroid dienone is 1. The number of anilines is 1. The van der Waals surface area contributed by atoms with Crippen molar-refractivity contribution in [2.45, 2.75) is 6.92 Å². The lowest BCUT2D eigenvalue weighted by molar-refractivity contribution is -0.124. The van der Waals surface area contributed by atoms with Crippen LogP contribution < -0.4 is 10.4 Å². The predicted molar refractivity (Wildman–Crippen MR) is 126 cm³/mol. The van der Waals surface area contributed by atoms with Crippen LogP contribution in [-0.2, 0) is 9.53 Å². The number of rotatable bonds is 7. The van der Waals surface area contributed by atoms with E-state index in [1.165, 1.54) is 17.6 Å². The molecule has 33 heavy (non-hydrogen) atoms. The van der Waals surface area contributed by atoms with E-state index >= 15 is 0 Å². The maximum absolute atomic E-state index is 12.5. The molecule has 0 aromatic heterocycles. The number of nitrogens with zero attached hydrogens (tertiary/aromatic N) is 2. The van der Waals surface area contributed by atoms with Crippen LogP contribution in [0, 0.1) is 0 Å². The third-order valence-corrected chi connectivity index (χ3v) is 5.22. The number of ketones is 1. The van der Waals surface area contributed by atoms with Crippen molar-refractivity contribution in [3.63, 3.8) is 0 Å². The number of amides is 2. The molecule has 8 heteroatoms. The Morgan fingerprint density at radius 3 is 2.03 bits per heavy atom. The fourth-order valence-electron chi connectivity index (χ4n) is 3.39. The summed E-state index contributed by atoms with van der Waals surface area (Å²) in [6.45, 7) is 4.79. The fourth-order valence-corrected chi connectivity index (χ4v) is 3.39. The Hall–Kier alpha value is -3.91. The summed E-state index contributed by atoms with van der Waals surface area (Å²) in [6, 6.07) is 14.7. The molecule has 1 aliphatic rings. The Bertz CT molecular complexity index is 1020. The first kappa shape index (κ1) is 23.7. The highest BCUT2D eigenvalue weighted by atomic mass is 16.6. The molecule has 172 valence electrons. The molecule has 2 amide bonds. The Labute approximate surface area is 192 Å². The second-order valence-corrected chi connectivity index (χ2v) is 7.39. The summed E-state index contributed by atoms with van der Waals surface area (Å²) in [5.74, 6) is -0.702. The van der Waals surface area contributed by atoms with E-state index in [1.807, 2.05) is 36.4 Å². The molecule has 2 aromatic rings. The monoisotopic (exact) mass is 449 g/mol. The highest BCUT2D eigenvalue weighted by Gasteiger charge is 2.22. The minimum atomic E-state index is -0.602. The first-order valence-corrected chi connectivity index (χ1v) is 10.7. The first-order valence-electron chi connectivity index (χ1n) is 10.7. The van der Waals surface area contributed by atoms with Gasteiger partial charge in [-0.1, -0.05) is 30.3 Å². The molecule has 0 saturated carbocycles. The molecule has 1 heterocycles. The number of piperazine rings is 1. The molecule has 3 rings (SSSR count). The van der Waals surface area contributed by atoms with Crippen LogP contribution in [0.5, 0.6) is 0 Å². The van der Waals surface area contributed by atoms with E-state index in [1.54, 1.807) is 36.1 Å². The van der Waals surface area contributed by atoms with Crippen LogP contribution in [0.3, 0.4) is 0 Å². The number of hydroxylamine groups is 1. The summed E-state index contributed by atoms with van der Waals surface area (Å²) < 4.78 is 5.05. The quantitative estimate of drug-likeness (QED) is 0.291. The summed E-state index contributed by atoms with van der Waals surface area (Å²) in [4.78, 5) is 39.2. The average molecular weight is 450 g/mol. The number of hydrogen-bond donors (Lipinski definition) is 2. The molecule has 8 nitrogen and oxygen atoms in total. The molecule has 0 bridgehead atoms. The van der Waals surface area contributed by atoms with Gasteiger partial charge in [0.1, 0.15) is 0 Å². The third kappa shape index (κ3) is 6.78. The molecule has 0 atom stereocenters. The molecule has 0 aliphatic carbocycles.